The fourth-order valence-electron chi connectivity index (χ4n) is 2.12. The molecule has 0 atom stereocenters. The van der Waals surface area contributed by atoms with Gasteiger partial charge in [0, 0.05) is 5.02 Å². The molecule has 1 heterocycles. The lowest BCUT2D eigenvalue weighted by molar-refractivity contribution is 0.641. The van der Waals surface area contributed by atoms with Crippen molar-refractivity contribution in [1.29, 1.82) is 0 Å². The number of aromatic nitrogens is 2. The Hall–Kier alpha value is -1.48. The number of aryl methyl sites for hydroxylation is 1. The Balaban J connectivity index is 2.37. The Morgan fingerprint density at radius 3 is 2.56 bits per heavy atom. The van der Waals surface area contributed by atoms with Gasteiger partial charge in [0.1, 0.15) is 0 Å². The Morgan fingerprint density at radius 2 is 1.94 bits per heavy atom. The van der Waals surface area contributed by atoms with Crippen molar-refractivity contribution in [3.8, 4) is 0 Å². The van der Waals surface area contributed by atoms with Gasteiger partial charge in [0.2, 0.25) is 0 Å². The van der Waals surface area contributed by atoms with E-state index in [2.05, 4.69) is 18.9 Å². The number of nitrogens with zero attached hydrogens (tertiary/aromatic N) is 2. The molecule has 2 N–H and O–H groups in total. The van der Waals surface area contributed by atoms with E-state index in [0.717, 1.165) is 40.5 Å². The Bertz CT molecular complexity index is 546. The predicted octanol–water partition coefficient (Wildman–Crippen LogP) is 3.29. The van der Waals surface area contributed by atoms with Crippen molar-refractivity contribution in [3.05, 3.63) is 46.2 Å². The molecule has 0 fully saturated rings. The zero-order valence-corrected chi connectivity index (χ0v) is 11.5. The van der Waals surface area contributed by atoms with Crippen molar-refractivity contribution in [2.45, 2.75) is 33.2 Å². The molecule has 4 heteroatoms. The van der Waals surface area contributed by atoms with Crippen LogP contribution in [-0.2, 0) is 19.4 Å². The normalized spacial score (nSPS) is 10.8. The van der Waals surface area contributed by atoms with E-state index in [4.69, 9.17) is 17.3 Å². The first-order valence-corrected chi connectivity index (χ1v) is 6.62. The number of hydrogen-bond acceptors (Lipinski definition) is 2. The standard InChI is InChI=1S/C14H18ClN3/c1-3-12-14(16)13(4-2)18(17-12)9-10-7-5-6-8-11(10)15/h5-8H,3-4,9,16H2,1-2H3. The van der Waals surface area contributed by atoms with Crippen LogP contribution in [0, 0.1) is 0 Å². The fraction of sp³-hybridized carbons (Fsp3) is 0.357. The van der Waals surface area contributed by atoms with Crippen LogP contribution in [0.25, 0.3) is 0 Å². The summed E-state index contributed by atoms with van der Waals surface area (Å²) in [6.45, 7) is 4.83. The van der Waals surface area contributed by atoms with Crippen LogP contribution in [0.1, 0.15) is 30.8 Å². The second-order valence-electron chi connectivity index (χ2n) is 4.26. The third-order valence-electron chi connectivity index (χ3n) is 3.12. The van der Waals surface area contributed by atoms with Gasteiger partial charge in [-0.15, -0.1) is 0 Å². The number of hydrogen-bond donors (Lipinski definition) is 1. The van der Waals surface area contributed by atoms with E-state index in [1.54, 1.807) is 0 Å². The third-order valence-corrected chi connectivity index (χ3v) is 3.49. The van der Waals surface area contributed by atoms with Gasteiger partial charge >= 0.3 is 0 Å². The molecule has 0 saturated carbocycles. The molecule has 0 amide bonds. The Kier molecular flexibility index (Phi) is 3.92. The molecule has 2 aromatic rings. The summed E-state index contributed by atoms with van der Waals surface area (Å²) >= 11 is 6.18. The lowest BCUT2D eigenvalue weighted by Gasteiger charge is -2.08. The monoisotopic (exact) mass is 263 g/mol. The number of anilines is 1. The van der Waals surface area contributed by atoms with E-state index < -0.39 is 0 Å². The molecule has 0 spiro atoms. The van der Waals surface area contributed by atoms with Crippen LogP contribution in [-0.4, -0.2) is 9.78 Å². The zero-order chi connectivity index (χ0) is 13.1. The first-order chi connectivity index (χ1) is 8.67. The summed E-state index contributed by atoms with van der Waals surface area (Å²) < 4.78 is 1.97. The smallest absolute Gasteiger partial charge is 0.0854 e. The highest BCUT2D eigenvalue weighted by Gasteiger charge is 2.13. The topological polar surface area (TPSA) is 43.8 Å². The molecule has 0 aliphatic heterocycles. The van der Waals surface area contributed by atoms with Crippen LogP contribution in [0.2, 0.25) is 5.02 Å². The summed E-state index contributed by atoms with van der Waals surface area (Å²) in [7, 11) is 0. The minimum absolute atomic E-state index is 0.674. The fourth-order valence-corrected chi connectivity index (χ4v) is 2.31. The van der Waals surface area contributed by atoms with Gasteiger partial charge in [-0.25, -0.2) is 0 Å². The van der Waals surface area contributed by atoms with Crippen molar-refractivity contribution in [3.63, 3.8) is 0 Å². The highest BCUT2D eigenvalue weighted by Crippen LogP contribution is 2.22. The van der Waals surface area contributed by atoms with Crippen LogP contribution >= 0.6 is 11.6 Å². The van der Waals surface area contributed by atoms with Gasteiger partial charge in [-0.2, -0.15) is 5.10 Å². The van der Waals surface area contributed by atoms with Crippen LogP contribution < -0.4 is 5.73 Å². The summed E-state index contributed by atoms with van der Waals surface area (Å²) in [5.41, 5.74) is 10.1. The summed E-state index contributed by atoms with van der Waals surface area (Å²) in [5.74, 6) is 0. The van der Waals surface area contributed by atoms with Crippen molar-refractivity contribution >= 4 is 17.3 Å². The van der Waals surface area contributed by atoms with Gasteiger partial charge in [-0.3, -0.25) is 4.68 Å². The minimum Gasteiger partial charge on any atom is -0.396 e. The largest absolute Gasteiger partial charge is 0.396 e. The number of nitrogens with two attached hydrogens (primary N) is 1. The molecule has 0 bridgehead atoms. The van der Waals surface area contributed by atoms with Crippen LogP contribution in [0.4, 0.5) is 5.69 Å². The zero-order valence-electron chi connectivity index (χ0n) is 10.8. The molecule has 0 saturated heterocycles. The van der Waals surface area contributed by atoms with Crippen molar-refractivity contribution < 1.29 is 0 Å². The van der Waals surface area contributed by atoms with E-state index >= 15 is 0 Å². The van der Waals surface area contributed by atoms with E-state index in [9.17, 15) is 0 Å². The maximum absolute atomic E-state index is 6.18. The number of halogens is 1. The second-order valence-corrected chi connectivity index (χ2v) is 4.67. The average molecular weight is 264 g/mol. The van der Waals surface area contributed by atoms with Gasteiger partial charge < -0.3 is 5.73 Å². The van der Waals surface area contributed by atoms with Gasteiger partial charge in [0.15, 0.2) is 0 Å². The van der Waals surface area contributed by atoms with E-state index in [1.807, 2.05) is 28.9 Å². The van der Waals surface area contributed by atoms with Crippen LogP contribution in [0.5, 0.6) is 0 Å². The van der Waals surface area contributed by atoms with Crippen molar-refractivity contribution in [1.82, 2.24) is 9.78 Å². The molecule has 18 heavy (non-hydrogen) atoms. The maximum atomic E-state index is 6.18. The second kappa shape index (κ2) is 5.44. The van der Waals surface area contributed by atoms with Crippen LogP contribution in [0.15, 0.2) is 24.3 Å². The number of nitrogen functional groups attached to an aromatic ring is 1. The SMILES string of the molecule is CCc1nn(Cc2ccccc2Cl)c(CC)c1N. The molecule has 0 aliphatic rings. The molecule has 1 aromatic carbocycles. The molecular weight excluding hydrogens is 246 g/mol. The Labute approximate surface area is 113 Å². The van der Waals surface area contributed by atoms with Crippen LogP contribution in [0.3, 0.4) is 0 Å². The first kappa shape index (κ1) is 13.0. The van der Waals surface area contributed by atoms with Crippen molar-refractivity contribution in [2.24, 2.45) is 0 Å². The Morgan fingerprint density at radius 1 is 1.22 bits per heavy atom. The maximum Gasteiger partial charge on any atom is 0.0854 e. The highest BCUT2D eigenvalue weighted by atomic mass is 35.5. The molecule has 0 unspecified atom stereocenters. The van der Waals surface area contributed by atoms with E-state index in [-0.39, 0.29) is 0 Å². The lowest BCUT2D eigenvalue weighted by Crippen LogP contribution is -2.07. The molecule has 1 aromatic heterocycles. The predicted molar refractivity (Wildman–Crippen MR) is 75.9 cm³/mol. The molecule has 0 aliphatic carbocycles. The molecule has 3 nitrogen and oxygen atoms in total. The molecule has 0 radical (unpaired) electrons. The summed E-state index contributed by atoms with van der Waals surface area (Å²) in [6, 6.07) is 7.84. The third kappa shape index (κ3) is 2.36. The lowest BCUT2D eigenvalue weighted by atomic mass is 10.2. The van der Waals surface area contributed by atoms with E-state index in [1.165, 1.54) is 0 Å². The van der Waals surface area contributed by atoms with Crippen molar-refractivity contribution in [2.75, 3.05) is 5.73 Å². The minimum atomic E-state index is 0.674. The van der Waals surface area contributed by atoms with Gasteiger partial charge in [-0.05, 0) is 24.5 Å². The average Bonchev–Trinajstić information content (AvgIpc) is 2.68. The summed E-state index contributed by atoms with van der Waals surface area (Å²) in [4.78, 5) is 0. The van der Waals surface area contributed by atoms with Gasteiger partial charge in [-0.1, -0.05) is 43.6 Å². The van der Waals surface area contributed by atoms with Gasteiger partial charge in [0.05, 0.1) is 23.6 Å². The summed E-state index contributed by atoms with van der Waals surface area (Å²) in [5, 5.41) is 5.34. The number of benzene rings is 1. The molecular formula is C14H18ClN3. The van der Waals surface area contributed by atoms with Gasteiger partial charge in [0.25, 0.3) is 0 Å². The quantitative estimate of drug-likeness (QED) is 0.920. The number of rotatable bonds is 4. The summed E-state index contributed by atoms with van der Waals surface area (Å²) in [6.07, 6.45) is 1.73. The first-order valence-electron chi connectivity index (χ1n) is 6.24. The molecule has 96 valence electrons. The highest BCUT2D eigenvalue weighted by molar-refractivity contribution is 6.31. The van der Waals surface area contributed by atoms with E-state index in [0.29, 0.717) is 6.54 Å². The molecule has 2 rings (SSSR count).